The molecule has 1 N–H and O–H groups in total. The Morgan fingerprint density at radius 3 is 2.40 bits per heavy atom. The van der Waals surface area contributed by atoms with E-state index in [9.17, 15) is 9.90 Å². The van der Waals surface area contributed by atoms with Crippen molar-refractivity contribution in [1.29, 1.82) is 0 Å². The highest BCUT2D eigenvalue weighted by atomic mass is 16.4. The monoisotopic (exact) mass is 214 g/mol. The van der Waals surface area contributed by atoms with Crippen molar-refractivity contribution >= 4 is 5.97 Å². The summed E-state index contributed by atoms with van der Waals surface area (Å²) in [6.07, 6.45) is 1.06. The number of carboxylic acids is 1. The maximum atomic E-state index is 11.2. The Bertz CT molecular complexity index is 219. The number of nitrogens with zero attached hydrogens (tertiary/aromatic N) is 2. The lowest BCUT2D eigenvalue weighted by Gasteiger charge is -2.29. The quantitative estimate of drug-likeness (QED) is 0.752. The van der Waals surface area contributed by atoms with Crippen molar-refractivity contribution in [3.05, 3.63) is 0 Å². The fraction of sp³-hybridized carbons (Fsp3) is 0.909. The lowest BCUT2D eigenvalue weighted by molar-refractivity contribution is -0.145. The van der Waals surface area contributed by atoms with Crippen molar-refractivity contribution in [1.82, 2.24) is 9.80 Å². The van der Waals surface area contributed by atoms with Crippen LogP contribution in [-0.2, 0) is 4.79 Å². The summed E-state index contributed by atoms with van der Waals surface area (Å²) < 4.78 is 0. The fourth-order valence-electron chi connectivity index (χ4n) is 2.21. The first kappa shape index (κ1) is 12.5. The maximum absolute atomic E-state index is 11.2. The van der Waals surface area contributed by atoms with Gasteiger partial charge in [0.05, 0.1) is 0 Å². The van der Waals surface area contributed by atoms with Gasteiger partial charge in [-0.2, -0.15) is 0 Å². The van der Waals surface area contributed by atoms with Gasteiger partial charge in [-0.1, -0.05) is 13.8 Å². The Hall–Kier alpha value is -0.610. The molecule has 0 aromatic rings. The number of aliphatic carboxylic acids is 1. The van der Waals surface area contributed by atoms with E-state index in [1.165, 1.54) is 0 Å². The van der Waals surface area contributed by atoms with Gasteiger partial charge in [-0.3, -0.25) is 9.69 Å². The van der Waals surface area contributed by atoms with Crippen LogP contribution in [0.3, 0.4) is 0 Å². The van der Waals surface area contributed by atoms with E-state index in [2.05, 4.69) is 16.8 Å². The van der Waals surface area contributed by atoms with Gasteiger partial charge >= 0.3 is 5.97 Å². The van der Waals surface area contributed by atoms with E-state index in [4.69, 9.17) is 0 Å². The van der Waals surface area contributed by atoms with Gasteiger partial charge in [0.15, 0.2) is 0 Å². The maximum Gasteiger partial charge on any atom is 0.321 e. The Kier molecular flexibility index (Phi) is 4.54. The summed E-state index contributed by atoms with van der Waals surface area (Å²) in [7, 11) is 2.09. The summed E-state index contributed by atoms with van der Waals surface area (Å²) in [6.45, 7) is 7.77. The minimum absolute atomic E-state index is 0.172. The predicted molar refractivity (Wildman–Crippen MR) is 59.9 cm³/mol. The second-order valence-corrected chi connectivity index (χ2v) is 4.72. The van der Waals surface area contributed by atoms with Gasteiger partial charge in [0.1, 0.15) is 6.04 Å². The fourth-order valence-corrected chi connectivity index (χ4v) is 2.21. The number of likely N-dealkylation sites (N-methyl/N-ethyl adjacent to an activating group) is 1. The van der Waals surface area contributed by atoms with E-state index >= 15 is 0 Å². The third-order valence-electron chi connectivity index (χ3n) is 3.03. The SMILES string of the molecule is CC(C)C(C(=O)O)N1CCCN(C)CC1. The first-order chi connectivity index (χ1) is 7.02. The lowest BCUT2D eigenvalue weighted by atomic mass is 10.0. The largest absolute Gasteiger partial charge is 0.480 e. The Morgan fingerprint density at radius 2 is 1.87 bits per heavy atom. The topological polar surface area (TPSA) is 43.8 Å². The van der Waals surface area contributed by atoms with Crippen LogP contribution < -0.4 is 0 Å². The molecule has 4 heteroatoms. The van der Waals surface area contributed by atoms with Crippen molar-refractivity contribution in [2.45, 2.75) is 26.3 Å². The predicted octanol–water partition coefficient (Wildman–Crippen LogP) is 0.733. The Morgan fingerprint density at radius 1 is 1.20 bits per heavy atom. The molecule has 1 heterocycles. The summed E-state index contributed by atoms with van der Waals surface area (Å²) in [5.74, 6) is -0.513. The van der Waals surface area contributed by atoms with Gasteiger partial charge < -0.3 is 10.0 Å². The van der Waals surface area contributed by atoms with Crippen LogP contribution >= 0.6 is 0 Å². The van der Waals surface area contributed by atoms with Gasteiger partial charge in [-0.15, -0.1) is 0 Å². The zero-order chi connectivity index (χ0) is 11.4. The molecule has 88 valence electrons. The van der Waals surface area contributed by atoms with Gasteiger partial charge in [0.25, 0.3) is 0 Å². The summed E-state index contributed by atoms with van der Waals surface area (Å²) in [6, 6.07) is -0.323. The van der Waals surface area contributed by atoms with Crippen LogP contribution in [-0.4, -0.2) is 60.1 Å². The molecule has 0 bridgehead atoms. The number of hydrogen-bond donors (Lipinski definition) is 1. The zero-order valence-corrected chi connectivity index (χ0v) is 9.94. The summed E-state index contributed by atoms with van der Waals surface area (Å²) in [5.41, 5.74) is 0. The van der Waals surface area contributed by atoms with Crippen molar-refractivity contribution in [3.63, 3.8) is 0 Å². The van der Waals surface area contributed by atoms with Gasteiger partial charge in [0.2, 0.25) is 0 Å². The van der Waals surface area contributed by atoms with Crippen molar-refractivity contribution in [3.8, 4) is 0 Å². The molecule has 1 fully saturated rings. The molecule has 0 spiro atoms. The Balaban J connectivity index is 2.62. The molecule has 1 rings (SSSR count). The van der Waals surface area contributed by atoms with Crippen molar-refractivity contribution in [2.24, 2.45) is 5.92 Å². The van der Waals surface area contributed by atoms with Crippen LogP contribution in [0.4, 0.5) is 0 Å². The van der Waals surface area contributed by atoms with E-state index in [1.54, 1.807) is 0 Å². The second-order valence-electron chi connectivity index (χ2n) is 4.72. The first-order valence-electron chi connectivity index (χ1n) is 5.67. The molecule has 0 radical (unpaired) electrons. The van der Waals surface area contributed by atoms with Crippen LogP contribution in [0.15, 0.2) is 0 Å². The number of hydrogen-bond acceptors (Lipinski definition) is 3. The molecule has 0 amide bonds. The van der Waals surface area contributed by atoms with Crippen molar-refractivity contribution < 1.29 is 9.90 Å². The molecule has 0 aromatic heterocycles. The zero-order valence-electron chi connectivity index (χ0n) is 9.94. The molecule has 1 aliphatic heterocycles. The highest BCUT2D eigenvalue weighted by molar-refractivity contribution is 5.73. The summed E-state index contributed by atoms with van der Waals surface area (Å²) >= 11 is 0. The van der Waals surface area contributed by atoms with Crippen LogP contribution in [0.2, 0.25) is 0 Å². The third-order valence-corrected chi connectivity index (χ3v) is 3.03. The molecule has 0 aliphatic carbocycles. The summed E-state index contributed by atoms with van der Waals surface area (Å²) in [5, 5.41) is 9.20. The molecular weight excluding hydrogens is 192 g/mol. The van der Waals surface area contributed by atoms with Crippen molar-refractivity contribution in [2.75, 3.05) is 33.2 Å². The molecule has 1 saturated heterocycles. The first-order valence-corrected chi connectivity index (χ1v) is 5.67. The molecule has 1 unspecified atom stereocenters. The number of carboxylic acid groups (broad SMARTS) is 1. The highest BCUT2D eigenvalue weighted by Gasteiger charge is 2.29. The van der Waals surface area contributed by atoms with Crippen LogP contribution in [0, 0.1) is 5.92 Å². The molecule has 15 heavy (non-hydrogen) atoms. The van der Waals surface area contributed by atoms with E-state index in [0.717, 1.165) is 32.6 Å². The van der Waals surface area contributed by atoms with Gasteiger partial charge in [-0.05, 0) is 25.9 Å². The van der Waals surface area contributed by atoms with Crippen LogP contribution in [0.25, 0.3) is 0 Å². The minimum atomic E-state index is -0.686. The average molecular weight is 214 g/mol. The van der Waals surface area contributed by atoms with Crippen LogP contribution in [0.1, 0.15) is 20.3 Å². The average Bonchev–Trinajstić information content (AvgIpc) is 2.30. The normalized spacial score (nSPS) is 22.7. The lowest BCUT2D eigenvalue weighted by Crippen LogP contribution is -2.46. The molecule has 0 aromatic carbocycles. The van der Waals surface area contributed by atoms with Gasteiger partial charge in [0, 0.05) is 19.6 Å². The summed E-state index contributed by atoms with van der Waals surface area (Å²) in [4.78, 5) is 15.5. The number of carbonyl (C=O) groups is 1. The van der Waals surface area contributed by atoms with E-state index in [0.29, 0.717) is 0 Å². The van der Waals surface area contributed by atoms with Gasteiger partial charge in [-0.25, -0.2) is 0 Å². The molecular formula is C11H22N2O2. The highest BCUT2D eigenvalue weighted by Crippen LogP contribution is 2.13. The molecule has 0 saturated carbocycles. The van der Waals surface area contributed by atoms with E-state index in [1.807, 2.05) is 13.8 Å². The van der Waals surface area contributed by atoms with Crippen LogP contribution in [0.5, 0.6) is 0 Å². The Labute approximate surface area is 91.9 Å². The smallest absolute Gasteiger partial charge is 0.321 e. The molecule has 4 nitrogen and oxygen atoms in total. The van der Waals surface area contributed by atoms with E-state index < -0.39 is 5.97 Å². The molecule has 1 atom stereocenters. The molecule has 1 aliphatic rings. The third kappa shape index (κ3) is 3.47. The number of rotatable bonds is 3. The second kappa shape index (κ2) is 5.47. The van der Waals surface area contributed by atoms with E-state index in [-0.39, 0.29) is 12.0 Å². The minimum Gasteiger partial charge on any atom is -0.480 e. The standard InChI is InChI=1S/C11H22N2O2/c1-9(2)10(11(14)15)13-6-4-5-12(3)7-8-13/h9-10H,4-8H2,1-3H3,(H,14,15).